The number of fused-ring (bicyclic) bond motifs is 1. The first-order chi connectivity index (χ1) is 10.7. The van der Waals surface area contributed by atoms with Crippen molar-refractivity contribution in [3.8, 4) is 11.5 Å². The van der Waals surface area contributed by atoms with Crippen LogP contribution in [0.4, 0.5) is 0 Å². The van der Waals surface area contributed by atoms with Crippen LogP contribution in [0.2, 0.25) is 0 Å². The van der Waals surface area contributed by atoms with E-state index in [1.54, 1.807) is 0 Å². The van der Waals surface area contributed by atoms with Crippen molar-refractivity contribution in [2.24, 2.45) is 0 Å². The summed E-state index contributed by atoms with van der Waals surface area (Å²) in [7, 11) is 0. The Morgan fingerprint density at radius 1 is 1.30 bits per heavy atom. The Bertz CT molecular complexity index is 627. The minimum atomic E-state index is -0.889. The van der Waals surface area contributed by atoms with E-state index in [1.807, 2.05) is 13.8 Å². The molecule has 1 atom stereocenters. The van der Waals surface area contributed by atoms with Gasteiger partial charge in [0, 0.05) is 18.5 Å². The molecule has 0 saturated carbocycles. The number of carboxylic acids is 1. The summed E-state index contributed by atoms with van der Waals surface area (Å²) in [6.07, 6.45) is 0.777. The van der Waals surface area contributed by atoms with Crippen molar-refractivity contribution < 1.29 is 24.9 Å². The van der Waals surface area contributed by atoms with Crippen molar-refractivity contribution in [1.29, 1.82) is 0 Å². The maximum Gasteiger partial charge on any atom is 0.303 e. The molecular formula is C16H22N2O5. The largest absolute Gasteiger partial charge is 0.504 e. The fourth-order valence-corrected chi connectivity index (χ4v) is 2.89. The van der Waals surface area contributed by atoms with Gasteiger partial charge in [-0.3, -0.25) is 14.9 Å². The van der Waals surface area contributed by atoms with Gasteiger partial charge in [-0.2, -0.15) is 0 Å². The molecule has 1 heterocycles. The molecule has 7 nitrogen and oxygen atoms in total. The molecule has 0 aliphatic carbocycles. The van der Waals surface area contributed by atoms with E-state index in [-0.39, 0.29) is 23.8 Å². The van der Waals surface area contributed by atoms with Crippen LogP contribution in [0.15, 0.2) is 12.1 Å². The van der Waals surface area contributed by atoms with Gasteiger partial charge >= 0.3 is 5.97 Å². The van der Waals surface area contributed by atoms with E-state index in [2.05, 4.69) is 10.6 Å². The summed E-state index contributed by atoms with van der Waals surface area (Å²) in [5, 5.41) is 33.9. The summed E-state index contributed by atoms with van der Waals surface area (Å²) >= 11 is 0. The lowest BCUT2D eigenvalue weighted by atomic mass is 9.82. The summed E-state index contributed by atoms with van der Waals surface area (Å²) < 4.78 is 0. The Hall–Kier alpha value is -2.28. The Morgan fingerprint density at radius 3 is 2.61 bits per heavy atom. The summed E-state index contributed by atoms with van der Waals surface area (Å²) in [5.41, 5.74) is 1.10. The zero-order valence-corrected chi connectivity index (χ0v) is 13.2. The zero-order valence-electron chi connectivity index (χ0n) is 13.2. The molecular weight excluding hydrogens is 300 g/mol. The molecule has 1 aromatic carbocycles. The van der Waals surface area contributed by atoms with E-state index in [4.69, 9.17) is 5.11 Å². The fraction of sp³-hybridized carbons (Fsp3) is 0.500. The molecule has 5 N–H and O–H groups in total. The quantitative estimate of drug-likeness (QED) is 0.405. The number of nitrogens with one attached hydrogen (secondary N) is 2. The summed E-state index contributed by atoms with van der Waals surface area (Å²) in [5.74, 6) is -1.49. The number of carbonyl (C=O) groups excluding carboxylic acids is 1. The standard InChI is InChI=1S/C16H22N2O5/c1-16(2)10-8-13(20)12(19)7-9(10)6-11(18-16)15(23)17-5-3-4-14(21)22/h7-8,11,18-20H,3-6H2,1-2H3,(H,17,23)(H,21,22)/t11-/m0/s1. The Kier molecular flexibility index (Phi) is 4.79. The van der Waals surface area contributed by atoms with Crippen molar-refractivity contribution in [3.05, 3.63) is 23.3 Å². The molecule has 1 aliphatic rings. The van der Waals surface area contributed by atoms with Gasteiger partial charge in [-0.1, -0.05) is 0 Å². The molecule has 126 valence electrons. The second-order valence-electron chi connectivity index (χ2n) is 6.31. The minimum Gasteiger partial charge on any atom is -0.504 e. The molecule has 0 aromatic heterocycles. The number of hydrogen-bond donors (Lipinski definition) is 5. The van der Waals surface area contributed by atoms with Gasteiger partial charge in [-0.05, 0) is 49.9 Å². The van der Waals surface area contributed by atoms with Gasteiger partial charge in [0.25, 0.3) is 0 Å². The number of phenols is 2. The highest BCUT2D eigenvalue weighted by Gasteiger charge is 2.36. The van der Waals surface area contributed by atoms with E-state index in [0.717, 1.165) is 11.1 Å². The van der Waals surface area contributed by atoms with Crippen LogP contribution in [0.1, 0.15) is 37.8 Å². The Labute approximate surface area is 134 Å². The van der Waals surface area contributed by atoms with Gasteiger partial charge in [0.2, 0.25) is 5.91 Å². The van der Waals surface area contributed by atoms with Crippen molar-refractivity contribution in [1.82, 2.24) is 10.6 Å². The number of carbonyl (C=O) groups is 2. The van der Waals surface area contributed by atoms with Crippen molar-refractivity contribution in [3.63, 3.8) is 0 Å². The predicted molar refractivity (Wildman–Crippen MR) is 83.3 cm³/mol. The number of rotatable bonds is 5. The van der Waals surface area contributed by atoms with Crippen LogP contribution in [0.5, 0.6) is 11.5 Å². The van der Waals surface area contributed by atoms with Crippen LogP contribution in [-0.4, -0.2) is 39.8 Å². The van der Waals surface area contributed by atoms with Gasteiger partial charge in [0.1, 0.15) is 0 Å². The molecule has 7 heteroatoms. The van der Waals surface area contributed by atoms with E-state index >= 15 is 0 Å². The van der Waals surface area contributed by atoms with E-state index in [0.29, 0.717) is 19.4 Å². The molecule has 2 rings (SSSR count). The van der Waals surface area contributed by atoms with Gasteiger partial charge in [0.05, 0.1) is 6.04 Å². The first-order valence-electron chi connectivity index (χ1n) is 7.53. The first-order valence-corrected chi connectivity index (χ1v) is 7.53. The normalized spacial score (nSPS) is 19.0. The topological polar surface area (TPSA) is 119 Å². The van der Waals surface area contributed by atoms with E-state index in [1.165, 1.54) is 12.1 Å². The maximum absolute atomic E-state index is 12.3. The monoisotopic (exact) mass is 322 g/mol. The summed E-state index contributed by atoms with van der Waals surface area (Å²) in [6.45, 7) is 4.09. The van der Waals surface area contributed by atoms with Crippen molar-refractivity contribution in [2.45, 2.75) is 44.7 Å². The lowest BCUT2D eigenvalue weighted by Crippen LogP contribution is -2.55. The summed E-state index contributed by atoms with van der Waals surface area (Å²) in [4.78, 5) is 22.7. The van der Waals surface area contributed by atoms with Crippen molar-refractivity contribution in [2.75, 3.05) is 6.54 Å². The number of benzene rings is 1. The molecule has 23 heavy (non-hydrogen) atoms. The van der Waals surface area contributed by atoms with Crippen molar-refractivity contribution >= 4 is 11.9 Å². The number of aromatic hydroxyl groups is 2. The van der Waals surface area contributed by atoms with E-state index in [9.17, 15) is 19.8 Å². The molecule has 0 fully saturated rings. The molecule has 0 bridgehead atoms. The third kappa shape index (κ3) is 3.92. The van der Waals surface area contributed by atoms with E-state index < -0.39 is 17.6 Å². The Balaban J connectivity index is 2.07. The molecule has 0 unspecified atom stereocenters. The number of aliphatic carboxylic acids is 1. The number of amides is 1. The number of phenolic OH excluding ortho intramolecular Hbond substituents is 2. The van der Waals surface area contributed by atoms with Crippen LogP contribution in [0, 0.1) is 0 Å². The molecule has 0 spiro atoms. The SMILES string of the molecule is CC1(C)N[C@H](C(=O)NCCCC(=O)O)Cc2cc(O)c(O)cc21. The van der Waals surface area contributed by atoms with Crippen LogP contribution in [0.3, 0.4) is 0 Å². The van der Waals surface area contributed by atoms with Crippen LogP contribution < -0.4 is 10.6 Å². The number of carboxylic acid groups (broad SMARTS) is 1. The van der Waals surface area contributed by atoms with Crippen LogP contribution in [-0.2, 0) is 21.5 Å². The lowest BCUT2D eigenvalue weighted by Gasteiger charge is -2.38. The lowest BCUT2D eigenvalue weighted by molar-refractivity contribution is -0.137. The highest BCUT2D eigenvalue weighted by molar-refractivity contribution is 5.83. The second-order valence-corrected chi connectivity index (χ2v) is 6.31. The zero-order chi connectivity index (χ0) is 17.2. The predicted octanol–water partition coefficient (Wildman–Crippen LogP) is 0.828. The number of hydrogen-bond acceptors (Lipinski definition) is 5. The minimum absolute atomic E-state index is 0.0137. The van der Waals surface area contributed by atoms with Crippen LogP contribution >= 0.6 is 0 Å². The highest BCUT2D eigenvalue weighted by Crippen LogP contribution is 2.37. The van der Waals surface area contributed by atoms with Gasteiger partial charge in [-0.15, -0.1) is 0 Å². The highest BCUT2D eigenvalue weighted by atomic mass is 16.4. The molecule has 1 aromatic rings. The average Bonchev–Trinajstić information content (AvgIpc) is 2.44. The molecule has 1 amide bonds. The first kappa shape index (κ1) is 17.1. The maximum atomic E-state index is 12.3. The Morgan fingerprint density at radius 2 is 1.96 bits per heavy atom. The second kappa shape index (κ2) is 6.45. The molecule has 1 aliphatic heterocycles. The third-order valence-corrected chi connectivity index (χ3v) is 4.02. The van der Waals surface area contributed by atoms with Crippen LogP contribution in [0.25, 0.3) is 0 Å². The smallest absolute Gasteiger partial charge is 0.303 e. The van der Waals surface area contributed by atoms with Gasteiger partial charge < -0.3 is 20.6 Å². The summed E-state index contributed by atoms with van der Waals surface area (Å²) in [6, 6.07) is 2.52. The van der Waals surface area contributed by atoms with Gasteiger partial charge in [-0.25, -0.2) is 0 Å². The average molecular weight is 322 g/mol. The molecule has 0 saturated heterocycles. The fourth-order valence-electron chi connectivity index (χ4n) is 2.89. The third-order valence-electron chi connectivity index (χ3n) is 4.02. The molecule has 0 radical (unpaired) electrons. The van der Waals surface area contributed by atoms with Gasteiger partial charge in [0.15, 0.2) is 11.5 Å².